The number of non-ortho nitro benzene ring substituents is 1. The third-order valence-electron chi connectivity index (χ3n) is 4.94. The fourth-order valence-corrected chi connectivity index (χ4v) is 3.29. The molecule has 2 N–H and O–H groups in total. The van der Waals surface area contributed by atoms with E-state index in [0.29, 0.717) is 18.5 Å². The van der Waals surface area contributed by atoms with E-state index in [1.807, 2.05) is 60.7 Å². The molecule has 4 aromatic rings. The van der Waals surface area contributed by atoms with E-state index in [9.17, 15) is 14.9 Å². The molecule has 1 heterocycles. The van der Waals surface area contributed by atoms with Crippen molar-refractivity contribution in [2.24, 2.45) is 0 Å². The zero-order valence-corrected chi connectivity index (χ0v) is 17.5. The van der Waals surface area contributed by atoms with E-state index in [-0.39, 0.29) is 23.4 Å². The van der Waals surface area contributed by atoms with Gasteiger partial charge in [0, 0.05) is 30.7 Å². The third-order valence-corrected chi connectivity index (χ3v) is 4.94. The zero-order valence-electron chi connectivity index (χ0n) is 17.5. The van der Waals surface area contributed by atoms with Crippen molar-refractivity contribution in [3.63, 3.8) is 0 Å². The van der Waals surface area contributed by atoms with Crippen LogP contribution in [-0.2, 0) is 13.0 Å². The van der Waals surface area contributed by atoms with Gasteiger partial charge in [0.2, 0.25) is 11.7 Å². The summed E-state index contributed by atoms with van der Waals surface area (Å²) < 4.78 is 5.44. The van der Waals surface area contributed by atoms with Crippen molar-refractivity contribution in [3.8, 4) is 11.4 Å². The van der Waals surface area contributed by atoms with Crippen LogP contribution in [0.3, 0.4) is 0 Å². The predicted octanol–water partition coefficient (Wildman–Crippen LogP) is 4.43. The van der Waals surface area contributed by atoms with Gasteiger partial charge in [0.15, 0.2) is 0 Å². The average Bonchev–Trinajstić information content (AvgIpc) is 3.34. The number of rotatable bonds is 8. The van der Waals surface area contributed by atoms with Crippen LogP contribution in [0.1, 0.15) is 23.1 Å². The Kier molecular flexibility index (Phi) is 6.70. The zero-order chi connectivity index (χ0) is 23.0. The van der Waals surface area contributed by atoms with Crippen LogP contribution >= 0.6 is 0 Å². The van der Waals surface area contributed by atoms with E-state index in [4.69, 9.17) is 4.52 Å². The van der Waals surface area contributed by atoms with Gasteiger partial charge in [0.1, 0.15) is 6.04 Å². The summed E-state index contributed by atoms with van der Waals surface area (Å²) in [4.78, 5) is 27.6. The molecule has 0 saturated carbocycles. The van der Waals surface area contributed by atoms with Crippen molar-refractivity contribution in [2.45, 2.75) is 19.0 Å². The molecule has 1 aromatic heterocycles. The highest BCUT2D eigenvalue weighted by Crippen LogP contribution is 2.24. The Morgan fingerprint density at radius 2 is 1.67 bits per heavy atom. The van der Waals surface area contributed by atoms with Crippen LogP contribution in [0, 0.1) is 10.1 Å². The van der Waals surface area contributed by atoms with Gasteiger partial charge in [-0.3, -0.25) is 10.1 Å². The normalized spacial score (nSPS) is 11.5. The van der Waals surface area contributed by atoms with Gasteiger partial charge >= 0.3 is 6.03 Å². The van der Waals surface area contributed by atoms with Gasteiger partial charge in [-0.25, -0.2) is 4.79 Å². The van der Waals surface area contributed by atoms with Crippen LogP contribution < -0.4 is 10.6 Å². The summed E-state index contributed by atoms with van der Waals surface area (Å²) >= 11 is 0. The third kappa shape index (κ3) is 5.79. The van der Waals surface area contributed by atoms with Gasteiger partial charge in [0.25, 0.3) is 5.69 Å². The molecule has 1 atom stereocenters. The van der Waals surface area contributed by atoms with Gasteiger partial charge < -0.3 is 15.2 Å². The van der Waals surface area contributed by atoms with Crippen LogP contribution in [0.15, 0.2) is 89.5 Å². The summed E-state index contributed by atoms with van der Waals surface area (Å²) in [5.41, 5.74) is 2.32. The van der Waals surface area contributed by atoms with Crippen molar-refractivity contribution in [3.05, 3.63) is 112 Å². The summed E-state index contributed by atoms with van der Waals surface area (Å²) in [7, 11) is 0. The largest absolute Gasteiger partial charge is 0.337 e. The minimum absolute atomic E-state index is 0.0712. The van der Waals surface area contributed by atoms with Gasteiger partial charge in [0.05, 0.1) is 4.92 Å². The summed E-state index contributed by atoms with van der Waals surface area (Å²) in [6, 6.07) is 24.2. The Hall–Kier alpha value is -4.53. The highest BCUT2D eigenvalue weighted by molar-refractivity contribution is 5.74. The van der Waals surface area contributed by atoms with E-state index in [0.717, 1.165) is 11.1 Å². The Labute approximate surface area is 189 Å². The molecular formula is C24H21N5O4. The maximum atomic E-state index is 12.6. The van der Waals surface area contributed by atoms with Crippen molar-refractivity contribution in [2.75, 3.05) is 0 Å². The SMILES string of the molecule is O=C(NCc1ccccc1)NC(Cc1ccccc1)c1nc(-c2cccc([N+](=O)[O-])c2)no1. The Balaban J connectivity index is 1.53. The molecule has 0 aliphatic heterocycles. The number of carbonyl (C=O) groups is 1. The number of aromatic nitrogens is 2. The van der Waals surface area contributed by atoms with Crippen LogP contribution in [0.2, 0.25) is 0 Å². The van der Waals surface area contributed by atoms with Crippen LogP contribution in [-0.4, -0.2) is 21.1 Å². The number of urea groups is 1. The van der Waals surface area contributed by atoms with Crippen molar-refractivity contribution in [1.29, 1.82) is 0 Å². The molecule has 0 aliphatic rings. The molecule has 166 valence electrons. The lowest BCUT2D eigenvalue weighted by atomic mass is 10.1. The first kappa shape index (κ1) is 21.7. The number of amides is 2. The second-order valence-electron chi connectivity index (χ2n) is 7.32. The Bertz CT molecular complexity index is 1230. The fourth-order valence-electron chi connectivity index (χ4n) is 3.29. The number of nitro benzene ring substituents is 1. The first-order valence-electron chi connectivity index (χ1n) is 10.3. The van der Waals surface area contributed by atoms with Gasteiger partial charge in [-0.15, -0.1) is 0 Å². The van der Waals surface area contributed by atoms with E-state index < -0.39 is 11.0 Å². The molecular weight excluding hydrogens is 422 g/mol. The maximum absolute atomic E-state index is 12.6. The molecule has 9 heteroatoms. The number of hydrogen-bond acceptors (Lipinski definition) is 6. The van der Waals surface area contributed by atoms with Gasteiger partial charge in [-0.05, 0) is 11.1 Å². The number of nitrogens with one attached hydrogen (secondary N) is 2. The van der Waals surface area contributed by atoms with Crippen molar-refractivity contribution >= 4 is 11.7 Å². The molecule has 9 nitrogen and oxygen atoms in total. The highest BCUT2D eigenvalue weighted by Gasteiger charge is 2.23. The number of benzene rings is 3. The quantitative estimate of drug-likeness (QED) is 0.307. The standard InChI is InChI=1S/C24H21N5O4/c30-24(25-16-18-10-5-2-6-11-18)26-21(14-17-8-3-1-4-9-17)23-27-22(28-33-23)19-12-7-13-20(15-19)29(31)32/h1-13,15,21H,14,16H2,(H2,25,26,30). The second-order valence-corrected chi connectivity index (χ2v) is 7.32. The summed E-state index contributed by atoms with van der Waals surface area (Å²) in [5.74, 6) is 0.411. The topological polar surface area (TPSA) is 123 Å². The van der Waals surface area contributed by atoms with Gasteiger partial charge in [-0.1, -0.05) is 78.0 Å². The van der Waals surface area contributed by atoms with E-state index in [1.54, 1.807) is 12.1 Å². The first-order chi connectivity index (χ1) is 16.1. The molecule has 0 fully saturated rings. The number of hydrogen-bond donors (Lipinski definition) is 2. The lowest BCUT2D eigenvalue weighted by Crippen LogP contribution is -2.38. The first-order valence-corrected chi connectivity index (χ1v) is 10.3. The number of carbonyl (C=O) groups excluding carboxylic acids is 1. The average molecular weight is 443 g/mol. The summed E-state index contributed by atoms with van der Waals surface area (Å²) in [5, 5.41) is 20.8. The predicted molar refractivity (Wildman–Crippen MR) is 121 cm³/mol. The van der Waals surface area contributed by atoms with Crippen LogP contribution in [0.5, 0.6) is 0 Å². The molecule has 2 amide bonds. The number of nitrogens with zero attached hydrogens (tertiary/aromatic N) is 3. The maximum Gasteiger partial charge on any atom is 0.315 e. The molecule has 33 heavy (non-hydrogen) atoms. The Morgan fingerprint density at radius 3 is 2.36 bits per heavy atom. The molecule has 0 spiro atoms. The Morgan fingerprint density at radius 1 is 0.970 bits per heavy atom. The summed E-state index contributed by atoms with van der Waals surface area (Å²) in [6.07, 6.45) is 0.427. The van der Waals surface area contributed by atoms with Crippen LogP contribution in [0.25, 0.3) is 11.4 Å². The highest BCUT2D eigenvalue weighted by atomic mass is 16.6. The van der Waals surface area contributed by atoms with Crippen molar-refractivity contribution in [1.82, 2.24) is 20.8 Å². The molecule has 0 radical (unpaired) electrons. The molecule has 0 saturated heterocycles. The molecule has 0 aliphatic carbocycles. The van der Waals surface area contributed by atoms with Gasteiger partial charge in [-0.2, -0.15) is 4.98 Å². The molecule has 0 bridgehead atoms. The molecule has 1 unspecified atom stereocenters. The smallest absolute Gasteiger partial charge is 0.315 e. The monoisotopic (exact) mass is 443 g/mol. The van der Waals surface area contributed by atoms with E-state index >= 15 is 0 Å². The van der Waals surface area contributed by atoms with Crippen molar-refractivity contribution < 1.29 is 14.2 Å². The number of nitro groups is 1. The second kappa shape index (κ2) is 10.2. The van der Waals surface area contributed by atoms with E-state index in [1.165, 1.54) is 12.1 Å². The lowest BCUT2D eigenvalue weighted by molar-refractivity contribution is -0.384. The molecule has 3 aromatic carbocycles. The van der Waals surface area contributed by atoms with E-state index in [2.05, 4.69) is 20.8 Å². The summed E-state index contributed by atoms with van der Waals surface area (Å²) in [6.45, 7) is 0.369. The molecule has 4 rings (SSSR count). The minimum Gasteiger partial charge on any atom is -0.337 e. The lowest BCUT2D eigenvalue weighted by Gasteiger charge is -2.16. The minimum atomic E-state index is -0.594. The van der Waals surface area contributed by atoms with Crippen LogP contribution in [0.4, 0.5) is 10.5 Å². The fraction of sp³-hybridized carbons (Fsp3) is 0.125.